The summed E-state index contributed by atoms with van der Waals surface area (Å²) >= 11 is 22.6. The molecule has 0 aliphatic carbocycles. The number of hydrogen-bond donors (Lipinski definition) is 1. The average molecular weight is 383 g/mol. The normalized spacial score (nSPS) is 11.5. The molecule has 0 bridgehead atoms. The fourth-order valence-corrected chi connectivity index (χ4v) is 2.09. The van der Waals surface area contributed by atoms with Gasteiger partial charge in [0.25, 0.3) is 0 Å². The maximum Gasteiger partial charge on any atom is 0.213 e. The van der Waals surface area contributed by atoms with Crippen molar-refractivity contribution in [1.29, 1.82) is 0 Å². The van der Waals surface area contributed by atoms with Crippen LogP contribution in [0.4, 0.5) is 15.8 Å². The number of alkyl halides is 3. The lowest BCUT2D eigenvalue weighted by atomic mass is 10.2. The van der Waals surface area contributed by atoms with E-state index in [0.717, 1.165) is 11.3 Å². The Labute approximate surface area is 148 Å². The maximum absolute atomic E-state index is 13.9. The van der Waals surface area contributed by atoms with Crippen molar-refractivity contribution >= 4 is 57.8 Å². The molecule has 0 saturated carbocycles. The number of anilines is 2. The minimum absolute atomic E-state index is 0.0466. The summed E-state index contributed by atoms with van der Waals surface area (Å²) in [4.78, 5) is 0. The van der Waals surface area contributed by atoms with Crippen molar-refractivity contribution in [3.63, 3.8) is 0 Å². The van der Waals surface area contributed by atoms with Crippen LogP contribution in [0.15, 0.2) is 42.5 Å². The van der Waals surface area contributed by atoms with E-state index in [1.807, 2.05) is 0 Å². The van der Waals surface area contributed by atoms with E-state index in [1.165, 1.54) is 6.07 Å². The van der Waals surface area contributed by atoms with Gasteiger partial charge in [0.05, 0.1) is 18.9 Å². The van der Waals surface area contributed by atoms with Gasteiger partial charge in [0.15, 0.2) is 0 Å². The molecule has 0 aromatic heterocycles. The highest BCUT2D eigenvalue weighted by Crippen LogP contribution is 2.27. The Morgan fingerprint density at radius 2 is 1.73 bits per heavy atom. The first-order chi connectivity index (χ1) is 10.3. The molecule has 0 spiro atoms. The van der Waals surface area contributed by atoms with Crippen LogP contribution >= 0.6 is 46.4 Å². The van der Waals surface area contributed by atoms with Gasteiger partial charge in [-0.3, -0.25) is 0 Å². The zero-order valence-corrected chi connectivity index (χ0v) is 14.3. The molecule has 0 radical (unpaired) electrons. The molecule has 0 heterocycles. The summed E-state index contributed by atoms with van der Waals surface area (Å²) in [7, 11) is 0. The van der Waals surface area contributed by atoms with Crippen molar-refractivity contribution < 1.29 is 9.13 Å². The summed E-state index contributed by atoms with van der Waals surface area (Å²) in [5, 5.41) is 3.59. The number of rotatable bonds is 5. The van der Waals surface area contributed by atoms with Crippen LogP contribution in [0.25, 0.3) is 0 Å². The molecule has 2 aromatic carbocycles. The van der Waals surface area contributed by atoms with Gasteiger partial charge < -0.3 is 10.1 Å². The molecule has 0 saturated heterocycles. The lowest BCUT2D eigenvalue weighted by molar-refractivity contribution is 0.126. The number of nitrogens with one attached hydrogen (secondary N) is 1. The van der Waals surface area contributed by atoms with E-state index in [-0.39, 0.29) is 19.0 Å². The zero-order valence-electron chi connectivity index (χ0n) is 11.3. The maximum atomic E-state index is 13.9. The predicted octanol–water partition coefficient (Wildman–Crippen LogP) is 6.11. The highest BCUT2D eigenvalue weighted by molar-refractivity contribution is 6.67. The fraction of sp³-hybridized carbons (Fsp3) is 0.200. The Morgan fingerprint density at radius 1 is 1.05 bits per heavy atom. The molecule has 0 aliphatic heterocycles. The van der Waals surface area contributed by atoms with Gasteiger partial charge in [0, 0.05) is 10.7 Å². The van der Waals surface area contributed by atoms with E-state index in [9.17, 15) is 4.39 Å². The monoisotopic (exact) mass is 381 g/mol. The Kier molecular flexibility index (Phi) is 6.18. The minimum Gasteiger partial charge on any atom is -0.372 e. The Hall–Kier alpha value is -0.710. The highest BCUT2D eigenvalue weighted by atomic mass is 35.6. The average Bonchev–Trinajstić information content (AvgIpc) is 2.43. The molecule has 2 rings (SSSR count). The number of benzene rings is 2. The summed E-state index contributed by atoms with van der Waals surface area (Å²) < 4.78 is 17.7. The smallest absolute Gasteiger partial charge is 0.213 e. The Morgan fingerprint density at radius 3 is 2.36 bits per heavy atom. The first-order valence-corrected chi connectivity index (χ1v) is 7.80. The van der Waals surface area contributed by atoms with Gasteiger partial charge in [0.1, 0.15) is 5.82 Å². The second kappa shape index (κ2) is 7.71. The molecule has 22 heavy (non-hydrogen) atoms. The summed E-state index contributed by atoms with van der Waals surface area (Å²) in [6, 6.07) is 11.6. The molecule has 0 atom stereocenters. The predicted molar refractivity (Wildman–Crippen MR) is 91.1 cm³/mol. The number of halogens is 5. The number of ether oxygens (including phenoxy) is 1. The standard InChI is InChI=1S/C15H12Cl4FNO/c16-11-2-4-12(5-3-11)21-14-7-10(1-6-13(14)20)8-22-9-15(17,18)19/h1-7,21H,8-9H2. The molecule has 7 heteroatoms. The van der Waals surface area contributed by atoms with Gasteiger partial charge >= 0.3 is 0 Å². The molecule has 0 fully saturated rings. The topological polar surface area (TPSA) is 21.3 Å². The summed E-state index contributed by atoms with van der Waals surface area (Å²) in [6.07, 6.45) is 0. The van der Waals surface area contributed by atoms with E-state index >= 15 is 0 Å². The third-order valence-electron chi connectivity index (χ3n) is 2.69. The Balaban J connectivity index is 2.05. The van der Waals surface area contributed by atoms with Crippen LogP contribution in [-0.4, -0.2) is 10.4 Å². The van der Waals surface area contributed by atoms with Crippen molar-refractivity contribution in [3.8, 4) is 0 Å². The van der Waals surface area contributed by atoms with E-state index in [1.54, 1.807) is 36.4 Å². The molecule has 0 unspecified atom stereocenters. The molecular weight excluding hydrogens is 371 g/mol. The van der Waals surface area contributed by atoms with Crippen molar-refractivity contribution in [3.05, 3.63) is 58.9 Å². The van der Waals surface area contributed by atoms with Gasteiger partial charge in [-0.15, -0.1) is 0 Å². The van der Waals surface area contributed by atoms with Gasteiger partial charge in [-0.1, -0.05) is 52.5 Å². The minimum atomic E-state index is -1.47. The lowest BCUT2D eigenvalue weighted by Gasteiger charge is -2.13. The summed E-state index contributed by atoms with van der Waals surface area (Å²) in [6.45, 7) is 0.165. The van der Waals surface area contributed by atoms with Gasteiger partial charge in [-0.2, -0.15) is 0 Å². The molecule has 118 valence electrons. The molecular formula is C15H12Cl4FNO. The van der Waals surface area contributed by atoms with E-state index < -0.39 is 3.79 Å². The molecule has 0 aliphatic rings. The summed E-state index contributed by atoms with van der Waals surface area (Å²) in [5.41, 5.74) is 1.81. The third-order valence-corrected chi connectivity index (χ3v) is 3.27. The van der Waals surface area contributed by atoms with Crippen LogP contribution in [0.2, 0.25) is 5.02 Å². The quantitative estimate of drug-likeness (QED) is 0.630. The first kappa shape index (κ1) is 17.6. The van der Waals surface area contributed by atoms with Crippen molar-refractivity contribution in [2.24, 2.45) is 0 Å². The van der Waals surface area contributed by atoms with Gasteiger partial charge in [-0.05, 0) is 42.0 Å². The highest BCUT2D eigenvalue weighted by Gasteiger charge is 2.19. The zero-order chi connectivity index (χ0) is 16.2. The van der Waals surface area contributed by atoms with E-state index in [2.05, 4.69) is 5.32 Å². The fourth-order valence-electron chi connectivity index (χ4n) is 1.73. The molecule has 1 N–H and O–H groups in total. The van der Waals surface area contributed by atoms with Crippen LogP contribution in [0.3, 0.4) is 0 Å². The Bertz CT molecular complexity index is 628. The van der Waals surface area contributed by atoms with E-state index in [0.29, 0.717) is 10.7 Å². The first-order valence-electron chi connectivity index (χ1n) is 6.29. The van der Waals surface area contributed by atoms with Crippen molar-refractivity contribution in [2.75, 3.05) is 11.9 Å². The second-order valence-corrected chi connectivity index (χ2v) is 7.51. The van der Waals surface area contributed by atoms with Crippen molar-refractivity contribution in [2.45, 2.75) is 10.4 Å². The van der Waals surface area contributed by atoms with Crippen LogP contribution < -0.4 is 5.32 Å². The van der Waals surface area contributed by atoms with Crippen LogP contribution in [0, 0.1) is 5.82 Å². The van der Waals surface area contributed by atoms with E-state index in [4.69, 9.17) is 51.1 Å². The van der Waals surface area contributed by atoms with Gasteiger partial charge in [0.2, 0.25) is 3.79 Å². The van der Waals surface area contributed by atoms with Gasteiger partial charge in [-0.25, -0.2) is 4.39 Å². The molecule has 0 amide bonds. The van der Waals surface area contributed by atoms with Crippen LogP contribution in [0.5, 0.6) is 0 Å². The lowest BCUT2D eigenvalue weighted by Crippen LogP contribution is -2.12. The van der Waals surface area contributed by atoms with Crippen LogP contribution in [-0.2, 0) is 11.3 Å². The summed E-state index contributed by atoms with van der Waals surface area (Å²) in [5.74, 6) is -0.375. The van der Waals surface area contributed by atoms with Crippen LogP contribution in [0.1, 0.15) is 5.56 Å². The third kappa shape index (κ3) is 5.82. The van der Waals surface area contributed by atoms with Crippen molar-refractivity contribution in [1.82, 2.24) is 0 Å². The second-order valence-electron chi connectivity index (χ2n) is 4.55. The SMILES string of the molecule is Fc1ccc(COCC(Cl)(Cl)Cl)cc1Nc1ccc(Cl)cc1. The molecule has 2 nitrogen and oxygen atoms in total. The molecule has 2 aromatic rings. The largest absolute Gasteiger partial charge is 0.372 e. The number of hydrogen-bond acceptors (Lipinski definition) is 2.